The number of piperidine rings is 1. The van der Waals surface area contributed by atoms with Crippen molar-refractivity contribution in [3.63, 3.8) is 0 Å². The Morgan fingerprint density at radius 2 is 1.95 bits per heavy atom. The van der Waals surface area contributed by atoms with Gasteiger partial charge in [-0.25, -0.2) is 14.3 Å². The van der Waals surface area contributed by atoms with Gasteiger partial charge in [0.25, 0.3) is 0 Å². The van der Waals surface area contributed by atoms with E-state index < -0.39 is 0 Å². The second-order valence-electron chi connectivity index (χ2n) is 5.29. The van der Waals surface area contributed by atoms with Crippen LogP contribution in [0.2, 0.25) is 0 Å². The van der Waals surface area contributed by atoms with Crippen LogP contribution in [-0.4, -0.2) is 32.5 Å². The molecule has 2 aromatic rings. The Hall–Kier alpha value is -1.72. The molecule has 1 aliphatic rings. The lowest BCUT2D eigenvalue weighted by atomic mass is 10.2. The van der Waals surface area contributed by atoms with Gasteiger partial charge in [0.2, 0.25) is 5.95 Å². The molecule has 1 fully saturated rings. The van der Waals surface area contributed by atoms with Gasteiger partial charge in [0.15, 0.2) is 5.65 Å². The van der Waals surface area contributed by atoms with Gasteiger partial charge in [0, 0.05) is 20.1 Å². The van der Waals surface area contributed by atoms with E-state index in [9.17, 15) is 0 Å². The average molecular weight is 262 g/mol. The van der Waals surface area contributed by atoms with Crippen molar-refractivity contribution in [2.24, 2.45) is 7.05 Å². The molecule has 0 radical (unpaired) electrons. The van der Waals surface area contributed by atoms with E-state index in [1.54, 1.807) is 0 Å². The van der Waals surface area contributed by atoms with Gasteiger partial charge in [-0.15, -0.1) is 0 Å². The predicted octanol–water partition coefficient (Wildman–Crippen LogP) is 1.43. The molecular formula is C13H22N6. The van der Waals surface area contributed by atoms with Crippen LogP contribution in [0.5, 0.6) is 0 Å². The number of aryl methyl sites for hydroxylation is 2. The molecule has 0 aliphatic carbocycles. The second-order valence-corrected chi connectivity index (χ2v) is 5.29. The minimum Gasteiger partial charge on any atom is -0.368 e. The molecule has 0 atom stereocenters. The Morgan fingerprint density at radius 3 is 2.63 bits per heavy atom. The zero-order valence-electron chi connectivity index (χ0n) is 11.8. The van der Waals surface area contributed by atoms with E-state index in [1.807, 2.05) is 11.7 Å². The van der Waals surface area contributed by atoms with E-state index in [2.05, 4.69) is 26.7 Å². The molecule has 6 heteroatoms. The van der Waals surface area contributed by atoms with Crippen molar-refractivity contribution < 1.29 is 0 Å². The fourth-order valence-corrected chi connectivity index (χ4v) is 2.94. The highest BCUT2D eigenvalue weighted by molar-refractivity contribution is 5.78. The summed E-state index contributed by atoms with van der Waals surface area (Å²) in [5.41, 5.74) is 9.19. The van der Waals surface area contributed by atoms with Crippen LogP contribution in [0, 0.1) is 0 Å². The van der Waals surface area contributed by atoms with Crippen LogP contribution < -0.4 is 10.7 Å². The molecule has 1 saturated heterocycles. The largest absolute Gasteiger partial charge is 0.368 e. The summed E-state index contributed by atoms with van der Waals surface area (Å²) in [6, 6.07) is 0. The summed E-state index contributed by atoms with van der Waals surface area (Å²) >= 11 is 0. The van der Waals surface area contributed by atoms with Crippen LogP contribution >= 0.6 is 0 Å². The third-order valence-electron chi connectivity index (χ3n) is 3.81. The zero-order valence-corrected chi connectivity index (χ0v) is 11.8. The van der Waals surface area contributed by atoms with Gasteiger partial charge in [0.05, 0.1) is 5.69 Å². The first kappa shape index (κ1) is 12.3. The summed E-state index contributed by atoms with van der Waals surface area (Å²) < 4.78 is 3.97. The highest BCUT2D eigenvalue weighted by Gasteiger charge is 2.22. The van der Waals surface area contributed by atoms with Crippen LogP contribution in [-0.2, 0) is 13.5 Å². The van der Waals surface area contributed by atoms with E-state index in [-0.39, 0.29) is 0 Å². The van der Waals surface area contributed by atoms with Crippen LogP contribution in [0.15, 0.2) is 0 Å². The third kappa shape index (κ3) is 1.95. The Morgan fingerprint density at radius 1 is 1.21 bits per heavy atom. The molecular weight excluding hydrogens is 240 g/mol. The summed E-state index contributed by atoms with van der Waals surface area (Å²) in [7, 11) is 1.98. The number of hydrogen-bond donors (Lipinski definition) is 1. The maximum Gasteiger partial charge on any atom is 0.222 e. The monoisotopic (exact) mass is 262 g/mol. The van der Waals surface area contributed by atoms with Gasteiger partial charge < -0.3 is 10.7 Å². The highest BCUT2D eigenvalue weighted by atomic mass is 15.6. The summed E-state index contributed by atoms with van der Waals surface area (Å²) in [4.78, 5) is 4.54. The maximum absolute atomic E-state index is 6.13. The SMILES string of the molecule is CCCc1nn(C)c2c1nc(N)n2N1CCCCC1. The number of imidazole rings is 1. The molecule has 0 saturated carbocycles. The van der Waals surface area contributed by atoms with Crippen LogP contribution in [0.1, 0.15) is 38.3 Å². The Kier molecular flexibility index (Phi) is 3.08. The van der Waals surface area contributed by atoms with Crippen molar-refractivity contribution in [1.29, 1.82) is 0 Å². The van der Waals surface area contributed by atoms with Crippen molar-refractivity contribution in [2.45, 2.75) is 39.0 Å². The molecule has 0 bridgehead atoms. The molecule has 2 N–H and O–H groups in total. The lowest BCUT2D eigenvalue weighted by Crippen LogP contribution is -2.40. The summed E-state index contributed by atoms with van der Waals surface area (Å²) in [6.07, 6.45) is 5.77. The number of fused-ring (bicyclic) bond motifs is 1. The number of nitrogen functional groups attached to an aromatic ring is 1. The zero-order chi connectivity index (χ0) is 13.4. The quantitative estimate of drug-likeness (QED) is 0.908. The first-order chi connectivity index (χ1) is 9.22. The third-order valence-corrected chi connectivity index (χ3v) is 3.81. The topological polar surface area (TPSA) is 64.9 Å². The van der Waals surface area contributed by atoms with Crippen molar-refractivity contribution >= 4 is 17.1 Å². The molecule has 0 spiro atoms. The van der Waals surface area contributed by atoms with E-state index in [0.29, 0.717) is 5.95 Å². The highest BCUT2D eigenvalue weighted by Crippen LogP contribution is 2.23. The minimum absolute atomic E-state index is 0.585. The van der Waals surface area contributed by atoms with E-state index >= 15 is 0 Å². The van der Waals surface area contributed by atoms with Gasteiger partial charge in [-0.3, -0.25) is 0 Å². The van der Waals surface area contributed by atoms with Crippen molar-refractivity contribution in [3.05, 3.63) is 5.69 Å². The van der Waals surface area contributed by atoms with Crippen molar-refractivity contribution in [2.75, 3.05) is 23.8 Å². The maximum atomic E-state index is 6.13. The predicted molar refractivity (Wildman–Crippen MR) is 76.7 cm³/mol. The molecule has 0 unspecified atom stereocenters. The first-order valence-corrected chi connectivity index (χ1v) is 7.17. The normalized spacial score (nSPS) is 16.4. The molecule has 2 aromatic heterocycles. The Bertz CT molecular complexity index is 575. The van der Waals surface area contributed by atoms with Gasteiger partial charge in [-0.2, -0.15) is 5.10 Å². The molecule has 19 heavy (non-hydrogen) atoms. The fourth-order valence-electron chi connectivity index (χ4n) is 2.94. The van der Waals surface area contributed by atoms with E-state index in [0.717, 1.165) is 42.8 Å². The Labute approximate surface area is 113 Å². The van der Waals surface area contributed by atoms with E-state index in [1.165, 1.54) is 19.3 Å². The number of hydrogen-bond acceptors (Lipinski definition) is 4. The van der Waals surface area contributed by atoms with Crippen molar-refractivity contribution in [3.8, 4) is 0 Å². The number of anilines is 1. The van der Waals surface area contributed by atoms with Crippen LogP contribution in [0.4, 0.5) is 5.95 Å². The van der Waals surface area contributed by atoms with Gasteiger partial charge in [-0.1, -0.05) is 13.3 Å². The minimum atomic E-state index is 0.585. The molecule has 0 amide bonds. The van der Waals surface area contributed by atoms with Crippen molar-refractivity contribution in [1.82, 2.24) is 19.4 Å². The lowest BCUT2D eigenvalue weighted by Gasteiger charge is -2.30. The average Bonchev–Trinajstić information content (AvgIpc) is 2.89. The summed E-state index contributed by atoms with van der Waals surface area (Å²) in [5, 5.41) is 6.88. The van der Waals surface area contributed by atoms with E-state index in [4.69, 9.17) is 5.73 Å². The van der Waals surface area contributed by atoms with Gasteiger partial charge in [0.1, 0.15) is 5.52 Å². The number of rotatable bonds is 3. The molecule has 1 aliphatic heterocycles. The smallest absolute Gasteiger partial charge is 0.222 e. The lowest BCUT2D eigenvalue weighted by molar-refractivity contribution is 0.484. The molecule has 104 valence electrons. The summed E-state index contributed by atoms with van der Waals surface area (Å²) in [6.45, 7) is 4.25. The Balaban J connectivity index is 2.10. The second kappa shape index (κ2) is 4.75. The van der Waals surface area contributed by atoms with Gasteiger partial charge in [-0.05, 0) is 25.7 Å². The molecule has 3 rings (SSSR count). The summed E-state index contributed by atoms with van der Waals surface area (Å²) in [5.74, 6) is 0.585. The first-order valence-electron chi connectivity index (χ1n) is 7.17. The van der Waals surface area contributed by atoms with Crippen LogP contribution in [0.3, 0.4) is 0 Å². The molecule has 6 nitrogen and oxygen atoms in total. The molecule has 3 heterocycles. The number of nitrogens with two attached hydrogens (primary N) is 1. The molecule has 0 aromatic carbocycles. The fraction of sp³-hybridized carbons (Fsp3) is 0.692. The van der Waals surface area contributed by atoms with Gasteiger partial charge >= 0.3 is 0 Å². The standard InChI is InChI=1S/C13H22N6/c1-3-7-10-11-12(17(2)16-10)19(13(14)15-11)18-8-5-4-6-9-18/h3-9H2,1-2H3,(H2,14,15). The number of nitrogens with zero attached hydrogens (tertiary/aromatic N) is 5. The number of aromatic nitrogens is 4. The van der Waals surface area contributed by atoms with Crippen LogP contribution in [0.25, 0.3) is 11.2 Å².